The first kappa shape index (κ1) is 24.6. The largest absolute Gasteiger partial charge is 0.411 e. The number of hydrogen-bond acceptors (Lipinski definition) is 4. The van der Waals surface area contributed by atoms with Crippen molar-refractivity contribution in [2.45, 2.75) is 33.2 Å². The number of halogens is 1. The van der Waals surface area contributed by atoms with E-state index in [-0.39, 0.29) is 18.9 Å². The van der Waals surface area contributed by atoms with Crippen LogP contribution >= 0.6 is 15.9 Å². The van der Waals surface area contributed by atoms with Crippen molar-refractivity contribution in [1.29, 1.82) is 0 Å². The summed E-state index contributed by atoms with van der Waals surface area (Å²) in [6.45, 7) is 2.96. The highest BCUT2D eigenvalue weighted by Gasteiger charge is 2.20. The van der Waals surface area contributed by atoms with Gasteiger partial charge in [-0.3, -0.25) is 4.79 Å². The minimum Gasteiger partial charge on any atom is -0.411 e. The Kier molecular flexibility index (Phi) is 9.21. The molecule has 164 valence electrons. The Bertz CT molecular complexity index is 1070. The van der Waals surface area contributed by atoms with E-state index in [1.54, 1.807) is 23.9 Å². The maximum absolute atomic E-state index is 12.1. The lowest BCUT2D eigenvalue weighted by molar-refractivity contribution is 0.186. The quantitative estimate of drug-likeness (QED) is 0.257. The molecule has 1 N–H and O–H groups in total. The number of benzene rings is 2. The number of aryl methyl sites for hydroxylation is 1. The summed E-state index contributed by atoms with van der Waals surface area (Å²) in [6.07, 6.45) is 2.22. The molecule has 0 bridgehead atoms. The fraction of sp³-hybridized carbons (Fsp3) is 0.280. The second-order valence-electron chi connectivity index (χ2n) is 7.15. The molecular formula is C25H29BrN2O3. The van der Waals surface area contributed by atoms with E-state index in [1.165, 1.54) is 17.2 Å². The molecule has 0 amide bonds. The highest BCUT2D eigenvalue weighted by Crippen LogP contribution is 2.32. The fourth-order valence-electron chi connectivity index (χ4n) is 3.56. The second-order valence-corrected chi connectivity index (χ2v) is 8.07. The average molecular weight is 485 g/mol. The minimum atomic E-state index is -0.114. The van der Waals surface area contributed by atoms with Gasteiger partial charge >= 0.3 is 0 Å². The summed E-state index contributed by atoms with van der Waals surface area (Å²) in [4.78, 5) is 12.1. The molecule has 1 heterocycles. The summed E-state index contributed by atoms with van der Waals surface area (Å²) in [6, 6.07) is 19.6. The van der Waals surface area contributed by atoms with Crippen molar-refractivity contribution in [3.63, 3.8) is 0 Å². The number of nitrogens with zero attached hydrogens (tertiary/aromatic N) is 2. The SMILES string of the molecule is C.COCCn1cc(/C(CC(c2ccc(Br)cc2)c2ccccc2C)=N/O)ccc1=O. The zero-order valence-electron chi connectivity index (χ0n) is 17.1. The molecule has 0 fully saturated rings. The van der Waals surface area contributed by atoms with Gasteiger partial charge in [-0.15, -0.1) is 0 Å². The topological polar surface area (TPSA) is 63.8 Å². The molecule has 6 heteroatoms. The lowest BCUT2D eigenvalue weighted by Gasteiger charge is -2.21. The zero-order valence-corrected chi connectivity index (χ0v) is 18.7. The molecule has 1 unspecified atom stereocenters. The Morgan fingerprint density at radius 2 is 1.84 bits per heavy atom. The van der Waals surface area contributed by atoms with Gasteiger partial charge in [0.1, 0.15) is 0 Å². The number of rotatable bonds is 8. The normalized spacial score (nSPS) is 12.3. The van der Waals surface area contributed by atoms with Crippen LogP contribution in [-0.4, -0.2) is 29.2 Å². The van der Waals surface area contributed by atoms with E-state index in [0.717, 1.165) is 10.0 Å². The van der Waals surface area contributed by atoms with Gasteiger partial charge in [0.05, 0.1) is 12.3 Å². The third-order valence-electron chi connectivity index (χ3n) is 5.21. The molecule has 3 aromatic rings. The van der Waals surface area contributed by atoms with Crippen LogP contribution in [0.5, 0.6) is 0 Å². The predicted octanol–water partition coefficient (Wildman–Crippen LogP) is 5.60. The first-order valence-electron chi connectivity index (χ1n) is 9.75. The van der Waals surface area contributed by atoms with Gasteiger partial charge < -0.3 is 14.5 Å². The van der Waals surface area contributed by atoms with Crippen LogP contribution in [0, 0.1) is 6.92 Å². The maximum Gasteiger partial charge on any atom is 0.250 e. The number of hydrogen-bond donors (Lipinski definition) is 1. The molecule has 0 aliphatic rings. The van der Waals surface area contributed by atoms with Crippen LogP contribution in [0.2, 0.25) is 0 Å². The number of methoxy groups -OCH3 is 1. The van der Waals surface area contributed by atoms with Gasteiger partial charge in [0.15, 0.2) is 0 Å². The fourth-order valence-corrected chi connectivity index (χ4v) is 3.82. The Hall–Kier alpha value is -2.70. The third kappa shape index (κ3) is 6.15. The second kappa shape index (κ2) is 11.6. The molecule has 1 atom stereocenters. The highest BCUT2D eigenvalue weighted by atomic mass is 79.9. The van der Waals surface area contributed by atoms with Gasteiger partial charge in [-0.05, 0) is 41.8 Å². The highest BCUT2D eigenvalue weighted by molar-refractivity contribution is 9.10. The number of aromatic nitrogens is 1. The van der Waals surface area contributed by atoms with E-state index in [2.05, 4.69) is 52.3 Å². The van der Waals surface area contributed by atoms with Gasteiger partial charge in [0, 0.05) is 48.3 Å². The molecule has 31 heavy (non-hydrogen) atoms. The van der Waals surface area contributed by atoms with Crippen molar-refractivity contribution in [2.24, 2.45) is 5.16 Å². The van der Waals surface area contributed by atoms with Crippen molar-refractivity contribution in [1.82, 2.24) is 4.57 Å². The summed E-state index contributed by atoms with van der Waals surface area (Å²) in [5.74, 6) is 0.00422. The van der Waals surface area contributed by atoms with Crippen molar-refractivity contribution < 1.29 is 9.94 Å². The van der Waals surface area contributed by atoms with Crippen LogP contribution in [0.4, 0.5) is 0 Å². The summed E-state index contributed by atoms with van der Waals surface area (Å²) in [7, 11) is 1.60. The van der Waals surface area contributed by atoms with Crippen LogP contribution in [0.15, 0.2) is 81.3 Å². The molecule has 2 aromatic carbocycles. The summed E-state index contributed by atoms with van der Waals surface area (Å²) < 4.78 is 7.67. The van der Waals surface area contributed by atoms with Crippen LogP contribution in [0.3, 0.4) is 0 Å². The van der Waals surface area contributed by atoms with Crippen LogP contribution in [-0.2, 0) is 11.3 Å². The van der Waals surface area contributed by atoms with Gasteiger partial charge in [-0.1, -0.05) is 64.9 Å². The Balaban J connectivity index is 0.00000341. The van der Waals surface area contributed by atoms with E-state index >= 15 is 0 Å². The predicted molar refractivity (Wildman–Crippen MR) is 129 cm³/mol. The first-order valence-corrected chi connectivity index (χ1v) is 10.5. The van der Waals surface area contributed by atoms with Gasteiger partial charge in [-0.25, -0.2) is 0 Å². The standard InChI is InChI=1S/C24H25BrN2O3.CH4/c1-17-5-3-4-6-21(17)22(18-7-10-20(25)11-8-18)15-23(26-29)19-9-12-24(28)27(16-19)13-14-30-2;/h3-12,16,22,29H,13-15H2,1-2H3;1H4/b26-23+;. The smallest absolute Gasteiger partial charge is 0.250 e. The van der Waals surface area contributed by atoms with E-state index < -0.39 is 0 Å². The molecule has 0 spiro atoms. The molecule has 0 aliphatic carbocycles. The summed E-state index contributed by atoms with van der Waals surface area (Å²) in [5.41, 5.74) is 4.60. The van der Waals surface area contributed by atoms with Crippen LogP contribution in [0.25, 0.3) is 0 Å². The third-order valence-corrected chi connectivity index (χ3v) is 5.74. The average Bonchev–Trinajstić information content (AvgIpc) is 2.76. The zero-order chi connectivity index (χ0) is 21.5. The molecule has 0 aliphatic heterocycles. The monoisotopic (exact) mass is 484 g/mol. The number of ether oxygens (including phenoxy) is 1. The first-order chi connectivity index (χ1) is 14.5. The van der Waals surface area contributed by atoms with Gasteiger partial charge in [-0.2, -0.15) is 0 Å². The minimum absolute atomic E-state index is 0. The number of oxime groups is 1. The van der Waals surface area contributed by atoms with E-state index in [9.17, 15) is 10.0 Å². The van der Waals surface area contributed by atoms with Crippen LogP contribution in [0.1, 0.15) is 42.0 Å². The van der Waals surface area contributed by atoms with E-state index in [4.69, 9.17) is 4.74 Å². The molecule has 1 aromatic heterocycles. The van der Waals surface area contributed by atoms with Gasteiger partial charge in [0.2, 0.25) is 0 Å². The lowest BCUT2D eigenvalue weighted by Crippen LogP contribution is -2.23. The van der Waals surface area contributed by atoms with Crippen molar-refractivity contribution in [3.05, 3.63) is 104 Å². The van der Waals surface area contributed by atoms with E-state index in [0.29, 0.717) is 30.8 Å². The lowest BCUT2D eigenvalue weighted by atomic mass is 9.83. The van der Waals surface area contributed by atoms with Crippen molar-refractivity contribution in [3.8, 4) is 0 Å². The molecule has 3 rings (SSSR count). The summed E-state index contributed by atoms with van der Waals surface area (Å²) in [5, 5.41) is 13.4. The van der Waals surface area contributed by atoms with Crippen molar-refractivity contribution >= 4 is 21.6 Å². The molecule has 0 radical (unpaired) electrons. The van der Waals surface area contributed by atoms with Gasteiger partial charge in [0.25, 0.3) is 5.56 Å². The Morgan fingerprint density at radius 1 is 1.13 bits per heavy atom. The molecule has 0 saturated heterocycles. The molecular weight excluding hydrogens is 456 g/mol. The Labute approximate surface area is 192 Å². The number of pyridine rings is 1. The molecule has 5 nitrogen and oxygen atoms in total. The summed E-state index contributed by atoms with van der Waals surface area (Å²) >= 11 is 3.50. The van der Waals surface area contributed by atoms with E-state index in [1.807, 2.05) is 24.3 Å². The van der Waals surface area contributed by atoms with Crippen molar-refractivity contribution in [2.75, 3.05) is 13.7 Å². The van der Waals surface area contributed by atoms with Crippen LogP contribution < -0.4 is 5.56 Å². The Morgan fingerprint density at radius 3 is 2.48 bits per heavy atom. The maximum atomic E-state index is 12.1. The molecule has 0 saturated carbocycles.